The van der Waals surface area contributed by atoms with Gasteiger partial charge in [0.1, 0.15) is 0 Å². The van der Waals surface area contributed by atoms with Crippen molar-refractivity contribution in [3.8, 4) is 0 Å². The van der Waals surface area contributed by atoms with Crippen molar-refractivity contribution in [1.29, 1.82) is 0 Å². The van der Waals surface area contributed by atoms with Crippen LogP contribution in [0.15, 0.2) is 42.5 Å². The van der Waals surface area contributed by atoms with Crippen LogP contribution in [0.1, 0.15) is 31.4 Å². The second kappa shape index (κ2) is 8.32. The molecule has 2 aromatic carbocycles. The van der Waals surface area contributed by atoms with E-state index in [9.17, 15) is 9.59 Å². The molecule has 1 saturated heterocycles. The lowest BCUT2D eigenvalue weighted by Gasteiger charge is -2.30. The molecule has 138 valence electrons. The summed E-state index contributed by atoms with van der Waals surface area (Å²) in [7, 11) is 1.68. The van der Waals surface area contributed by atoms with Gasteiger partial charge in [-0.2, -0.15) is 0 Å². The van der Waals surface area contributed by atoms with Crippen LogP contribution in [0, 0.1) is 5.92 Å². The molecule has 1 aliphatic rings. The topological polar surface area (TPSA) is 61.4 Å². The Morgan fingerprint density at radius 2 is 1.81 bits per heavy atom. The summed E-state index contributed by atoms with van der Waals surface area (Å²) in [4.78, 5) is 26.2. The van der Waals surface area contributed by atoms with E-state index in [1.165, 1.54) is 10.8 Å². The van der Waals surface area contributed by atoms with E-state index in [-0.39, 0.29) is 23.8 Å². The number of nitrogens with one attached hydrogen (secondary N) is 2. The van der Waals surface area contributed by atoms with Gasteiger partial charge in [0.25, 0.3) is 0 Å². The maximum atomic E-state index is 12.4. The molecule has 0 aromatic heterocycles. The Morgan fingerprint density at radius 3 is 2.50 bits per heavy atom. The van der Waals surface area contributed by atoms with Crippen molar-refractivity contribution in [2.24, 2.45) is 5.92 Å². The van der Waals surface area contributed by atoms with Crippen LogP contribution in [-0.4, -0.2) is 43.4 Å². The Balaban J connectivity index is 1.52. The first-order chi connectivity index (χ1) is 12.6. The lowest BCUT2D eigenvalue weighted by atomic mass is 9.96. The van der Waals surface area contributed by atoms with E-state index in [1.807, 2.05) is 19.1 Å². The minimum Gasteiger partial charge on any atom is -0.359 e. The monoisotopic (exact) mass is 353 g/mol. The fourth-order valence-corrected chi connectivity index (χ4v) is 3.61. The van der Waals surface area contributed by atoms with Crippen LogP contribution in [0.4, 0.5) is 0 Å². The minimum absolute atomic E-state index is 0.0315. The predicted molar refractivity (Wildman–Crippen MR) is 104 cm³/mol. The molecule has 2 N–H and O–H groups in total. The van der Waals surface area contributed by atoms with Crippen molar-refractivity contribution in [3.63, 3.8) is 0 Å². The number of hydrogen-bond acceptors (Lipinski definition) is 3. The van der Waals surface area contributed by atoms with Crippen LogP contribution < -0.4 is 10.6 Å². The number of amides is 2. The number of carbonyl (C=O) groups excluding carboxylic acids is 2. The average molecular weight is 353 g/mol. The third kappa shape index (κ3) is 4.41. The van der Waals surface area contributed by atoms with Gasteiger partial charge in [-0.1, -0.05) is 36.4 Å². The molecule has 5 nitrogen and oxygen atoms in total. The van der Waals surface area contributed by atoms with Gasteiger partial charge in [0.2, 0.25) is 11.8 Å². The van der Waals surface area contributed by atoms with Gasteiger partial charge in [-0.05, 0) is 55.3 Å². The molecular weight excluding hydrogens is 326 g/mol. The molecule has 1 aliphatic heterocycles. The molecule has 1 unspecified atom stereocenters. The first kappa shape index (κ1) is 18.4. The molecule has 0 saturated carbocycles. The van der Waals surface area contributed by atoms with Gasteiger partial charge in [0.15, 0.2) is 0 Å². The zero-order valence-electron chi connectivity index (χ0n) is 15.5. The first-order valence-electron chi connectivity index (χ1n) is 9.29. The van der Waals surface area contributed by atoms with Crippen LogP contribution in [0.3, 0.4) is 0 Å². The third-order valence-electron chi connectivity index (χ3n) is 5.22. The van der Waals surface area contributed by atoms with Crippen molar-refractivity contribution in [1.82, 2.24) is 15.5 Å². The minimum atomic E-state index is -0.0319. The van der Waals surface area contributed by atoms with Gasteiger partial charge in [0, 0.05) is 13.0 Å². The van der Waals surface area contributed by atoms with Gasteiger partial charge in [-0.15, -0.1) is 0 Å². The van der Waals surface area contributed by atoms with Gasteiger partial charge in [-0.25, -0.2) is 0 Å². The number of hydrogen-bond donors (Lipinski definition) is 2. The van der Waals surface area contributed by atoms with Gasteiger partial charge < -0.3 is 10.6 Å². The van der Waals surface area contributed by atoms with Gasteiger partial charge in [0.05, 0.1) is 12.6 Å². The maximum Gasteiger partial charge on any atom is 0.234 e. The van der Waals surface area contributed by atoms with Crippen LogP contribution in [0.2, 0.25) is 0 Å². The molecule has 0 aliphatic carbocycles. The van der Waals surface area contributed by atoms with E-state index < -0.39 is 0 Å². The SMILES string of the molecule is CNC(=O)C1CCN(CC(=O)NC(C)c2ccc3ccccc3c2)CC1. The Morgan fingerprint density at radius 1 is 1.12 bits per heavy atom. The summed E-state index contributed by atoms with van der Waals surface area (Å²) in [6, 6.07) is 14.5. The summed E-state index contributed by atoms with van der Waals surface area (Å²) < 4.78 is 0. The molecule has 0 spiro atoms. The Labute approximate surface area is 154 Å². The molecule has 2 amide bonds. The number of piperidine rings is 1. The van der Waals surface area contributed by atoms with Crippen LogP contribution in [-0.2, 0) is 9.59 Å². The molecule has 3 rings (SSSR count). The summed E-state index contributed by atoms with van der Waals surface area (Å²) in [5.41, 5.74) is 1.11. The smallest absolute Gasteiger partial charge is 0.234 e. The zero-order valence-corrected chi connectivity index (χ0v) is 15.5. The fraction of sp³-hybridized carbons (Fsp3) is 0.429. The highest BCUT2D eigenvalue weighted by molar-refractivity contribution is 5.83. The summed E-state index contributed by atoms with van der Waals surface area (Å²) in [6.45, 7) is 3.98. The lowest BCUT2D eigenvalue weighted by molar-refractivity contribution is -0.126. The molecular formula is C21H27N3O2. The Kier molecular flexibility index (Phi) is 5.89. The first-order valence-corrected chi connectivity index (χ1v) is 9.29. The average Bonchev–Trinajstić information content (AvgIpc) is 2.67. The number of rotatable bonds is 5. The molecule has 0 radical (unpaired) electrons. The van der Waals surface area contributed by atoms with Crippen LogP contribution >= 0.6 is 0 Å². The summed E-state index contributed by atoms with van der Waals surface area (Å²) in [6.07, 6.45) is 1.63. The Hall–Kier alpha value is -2.40. The van der Waals surface area contributed by atoms with Crippen molar-refractivity contribution in [3.05, 3.63) is 48.0 Å². The van der Waals surface area contributed by atoms with Crippen LogP contribution in [0.25, 0.3) is 10.8 Å². The molecule has 26 heavy (non-hydrogen) atoms. The van der Waals surface area contributed by atoms with Crippen molar-refractivity contribution < 1.29 is 9.59 Å². The molecule has 1 heterocycles. The third-order valence-corrected chi connectivity index (χ3v) is 5.22. The maximum absolute atomic E-state index is 12.4. The van der Waals surface area contributed by atoms with Crippen molar-refractivity contribution >= 4 is 22.6 Å². The van der Waals surface area contributed by atoms with Crippen LogP contribution in [0.5, 0.6) is 0 Å². The number of fused-ring (bicyclic) bond motifs is 1. The van der Waals surface area contributed by atoms with Crippen molar-refractivity contribution in [2.75, 3.05) is 26.7 Å². The lowest BCUT2D eigenvalue weighted by Crippen LogP contribution is -2.44. The van der Waals surface area contributed by atoms with Gasteiger partial charge in [-0.3, -0.25) is 14.5 Å². The largest absolute Gasteiger partial charge is 0.359 e. The number of carbonyl (C=O) groups is 2. The van der Waals surface area contributed by atoms with Gasteiger partial charge >= 0.3 is 0 Å². The van der Waals surface area contributed by atoms with E-state index >= 15 is 0 Å². The quantitative estimate of drug-likeness (QED) is 0.868. The van der Waals surface area contributed by atoms with E-state index in [4.69, 9.17) is 0 Å². The molecule has 5 heteroatoms. The fourth-order valence-electron chi connectivity index (χ4n) is 3.61. The highest BCUT2D eigenvalue weighted by atomic mass is 16.2. The molecule has 0 bridgehead atoms. The number of benzene rings is 2. The summed E-state index contributed by atoms with van der Waals surface area (Å²) >= 11 is 0. The summed E-state index contributed by atoms with van der Waals surface area (Å²) in [5, 5.41) is 8.19. The molecule has 1 atom stereocenters. The van der Waals surface area contributed by atoms with E-state index in [2.05, 4.69) is 45.9 Å². The van der Waals surface area contributed by atoms with E-state index in [0.717, 1.165) is 31.5 Å². The second-order valence-electron chi connectivity index (χ2n) is 7.06. The predicted octanol–water partition coefficient (Wildman–Crippen LogP) is 2.48. The van der Waals surface area contributed by atoms with E-state index in [1.54, 1.807) is 7.05 Å². The highest BCUT2D eigenvalue weighted by Gasteiger charge is 2.25. The molecule has 2 aromatic rings. The second-order valence-corrected chi connectivity index (χ2v) is 7.06. The number of nitrogens with zero attached hydrogens (tertiary/aromatic N) is 1. The van der Waals surface area contributed by atoms with E-state index in [0.29, 0.717) is 6.54 Å². The normalized spacial score (nSPS) is 17.0. The highest BCUT2D eigenvalue weighted by Crippen LogP contribution is 2.21. The standard InChI is InChI=1S/C21H27N3O2/c1-15(18-8-7-16-5-3-4-6-19(16)13-18)23-20(25)14-24-11-9-17(10-12-24)21(26)22-2/h3-8,13,15,17H,9-12,14H2,1-2H3,(H,22,26)(H,23,25). The zero-order chi connectivity index (χ0) is 18.5. The number of likely N-dealkylation sites (tertiary alicyclic amines) is 1. The molecule has 1 fully saturated rings. The summed E-state index contributed by atoms with van der Waals surface area (Å²) in [5.74, 6) is 0.221. The Bertz CT molecular complexity index is 782. The van der Waals surface area contributed by atoms with Crippen molar-refractivity contribution in [2.45, 2.75) is 25.8 Å².